The van der Waals surface area contributed by atoms with E-state index in [0.29, 0.717) is 41.1 Å². The number of nitrogens with one attached hydrogen (secondary N) is 2. The molecule has 0 saturated heterocycles. The van der Waals surface area contributed by atoms with Crippen molar-refractivity contribution in [2.75, 3.05) is 28.1 Å². The Kier molecular flexibility index (Phi) is 6.99. The molecule has 0 saturated carbocycles. The highest BCUT2D eigenvalue weighted by molar-refractivity contribution is 5.79. The van der Waals surface area contributed by atoms with E-state index in [0.717, 1.165) is 5.56 Å². The normalized spacial score (nSPS) is 12.7. The van der Waals surface area contributed by atoms with Crippen LogP contribution in [0.5, 0.6) is 28.7 Å². The summed E-state index contributed by atoms with van der Waals surface area (Å²) in [6.45, 7) is -2.27. The minimum Gasteiger partial charge on any atom is -0.493 e. The first-order valence-corrected chi connectivity index (χ1v) is 9.06. The van der Waals surface area contributed by atoms with Gasteiger partial charge in [-0.05, 0) is 23.8 Å². The van der Waals surface area contributed by atoms with Crippen LogP contribution in [-0.4, -0.2) is 40.6 Å². The fourth-order valence-corrected chi connectivity index (χ4v) is 2.89. The number of alkyl halides is 2. The standard InChI is InChI=1S/C20H23F2N3O5/c1-23-20(24-9-12-4-5-14(26-2)16(6-12)27-3)25-10-13-7-17-18(29-11-28-17)8-15(13)30-19(21)22/h4-8,19H,9-11H2,1-3H3,(H2,23,24,25). The molecule has 1 aliphatic rings. The second-order valence-corrected chi connectivity index (χ2v) is 6.16. The molecule has 3 rings (SSSR count). The predicted octanol–water partition coefficient (Wildman–Crippen LogP) is 2.90. The molecule has 2 aromatic rings. The molecule has 0 bridgehead atoms. The largest absolute Gasteiger partial charge is 0.493 e. The van der Waals surface area contributed by atoms with Gasteiger partial charge < -0.3 is 34.3 Å². The SMILES string of the molecule is CN=C(NCc1ccc(OC)c(OC)c1)NCc1cc2c(cc1OC(F)F)OCO2. The topological polar surface area (TPSA) is 82.6 Å². The van der Waals surface area contributed by atoms with E-state index in [1.807, 2.05) is 18.2 Å². The molecule has 1 aliphatic heterocycles. The third-order valence-corrected chi connectivity index (χ3v) is 4.35. The molecule has 2 aromatic carbocycles. The molecule has 0 spiro atoms. The van der Waals surface area contributed by atoms with Gasteiger partial charge in [0, 0.05) is 31.8 Å². The van der Waals surface area contributed by atoms with E-state index in [1.165, 1.54) is 6.07 Å². The summed E-state index contributed by atoms with van der Waals surface area (Å²) >= 11 is 0. The van der Waals surface area contributed by atoms with Crippen molar-refractivity contribution in [3.05, 3.63) is 41.5 Å². The van der Waals surface area contributed by atoms with Crippen molar-refractivity contribution < 1.29 is 32.5 Å². The van der Waals surface area contributed by atoms with E-state index in [2.05, 4.69) is 20.4 Å². The number of methoxy groups -OCH3 is 2. The highest BCUT2D eigenvalue weighted by atomic mass is 19.3. The van der Waals surface area contributed by atoms with Crippen LogP contribution in [0, 0.1) is 0 Å². The number of nitrogens with zero attached hydrogens (tertiary/aromatic N) is 1. The molecule has 0 aliphatic carbocycles. The maximum Gasteiger partial charge on any atom is 0.387 e. The molecular formula is C20H23F2N3O5. The fourth-order valence-electron chi connectivity index (χ4n) is 2.89. The lowest BCUT2D eigenvalue weighted by Crippen LogP contribution is -2.36. The van der Waals surface area contributed by atoms with E-state index < -0.39 is 6.61 Å². The molecule has 8 nitrogen and oxygen atoms in total. The van der Waals surface area contributed by atoms with Crippen LogP contribution >= 0.6 is 0 Å². The fraction of sp³-hybridized carbons (Fsp3) is 0.350. The van der Waals surface area contributed by atoms with Crippen LogP contribution in [0.1, 0.15) is 11.1 Å². The van der Waals surface area contributed by atoms with Crippen LogP contribution in [0.25, 0.3) is 0 Å². The third kappa shape index (κ3) is 5.13. The molecule has 0 aromatic heterocycles. The summed E-state index contributed by atoms with van der Waals surface area (Å²) in [7, 11) is 4.75. The Bertz CT molecular complexity index is 908. The maximum absolute atomic E-state index is 12.8. The number of fused-ring (bicyclic) bond motifs is 1. The Labute approximate surface area is 172 Å². The highest BCUT2D eigenvalue weighted by Gasteiger charge is 2.20. The van der Waals surface area contributed by atoms with Crippen LogP contribution < -0.4 is 34.3 Å². The summed E-state index contributed by atoms with van der Waals surface area (Å²) in [5, 5.41) is 6.23. The van der Waals surface area contributed by atoms with E-state index in [4.69, 9.17) is 18.9 Å². The average molecular weight is 423 g/mol. The first-order valence-electron chi connectivity index (χ1n) is 9.06. The number of aliphatic imine (C=N–C) groups is 1. The van der Waals surface area contributed by atoms with Gasteiger partial charge in [-0.15, -0.1) is 0 Å². The molecule has 0 amide bonds. The van der Waals surface area contributed by atoms with Gasteiger partial charge >= 0.3 is 6.61 Å². The van der Waals surface area contributed by atoms with Crippen LogP contribution in [0.3, 0.4) is 0 Å². The molecule has 0 radical (unpaired) electrons. The lowest BCUT2D eigenvalue weighted by atomic mass is 10.1. The summed E-state index contributed by atoms with van der Waals surface area (Å²) in [5.41, 5.74) is 1.43. The molecular weight excluding hydrogens is 400 g/mol. The van der Waals surface area contributed by atoms with Gasteiger partial charge in [0.2, 0.25) is 6.79 Å². The van der Waals surface area contributed by atoms with Crippen molar-refractivity contribution in [1.29, 1.82) is 0 Å². The minimum atomic E-state index is -2.95. The molecule has 30 heavy (non-hydrogen) atoms. The van der Waals surface area contributed by atoms with Crippen LogP contribution in [0.15, 0.2) is 35.3 Å². The first-order chi connectivity index (χ1) is 14.5. The van der Waals surface area contributed by atoms with Gasteiger partial charge in [0.1, 0.15) is 5.75 Å². The second-order valence-electron chi connectivity index (χ2n) is 6.16. The van der Waals surface area contributed by atoms with Crippen molar-refractivity contribution in [3.8, 4) is 28.7 Å². The highest BCUT2D eigenvalue weighted by Crippen LogP contribution is 2.38. The zero-order valence-electron chi connectivity index (χ0n) is 16.8. The summed E-state index contributed by atoms with van der Waals surface area (Å²) in [6.07, 6.45) is 0. The predicted molar refractivity (Wildman–Crippen MR) is 106 cm³/mol. The molecule has 162 valence electrons. The zero-order valence-corrected chi connectivity index (χ0v) is 16.8. The van der Waals surface area contributed by atoms with Gasteiger partial charge in [-0.1, -0.05) is 6.07 Å². The number of benzene rings is 2. The molecule has 0 fully saturated rings. The quantitative estimate of drug-likeness (QED) is 0.499. The van der Waals surface area contributed by atoms with E-state index in [9.17, 15) is 8.78 Å². The molecule has 1 heterocycles. The number of rotatable bonds is 8. The van der Waals surface area contributed by atoms with Crippen molar-refractivity contribution >= 4 is 5.96 Å². The monoisotopic (exact) mass is 423 g/mol. The Hall–Kier alpha value is -3.43. The van der Waals surface area contributed by atoms with Gasteiger partial charge in [0.25, 0.3) is 0 Å². The lowest BCUT2D eigenvalue weighted by Gasteiger charge is -2.16. The number of hydrogen-bond donors (Lipinski definition) is 2. The second kappa shape index (κ2) is 9.86. The smallest absolute Gasteiger partial charge is 0.387 e. The van der Waals surface area contributed by atoms with Gasteiger partial charge in [-0.25, -0.2) is 0 Å². The Morgan fingerprint density at radius 3 is 2.37 bits per heavy atom. The van der Waals surface area contributed by atoms with Gasteiger partial charge in [-0.2, -0.15) is 8.78 Å². The maximum atomic E-state index is 12.8. The third-order valence-electron chi connectivity index (χ3n) is 4.35. The Morgan fingerprint density at radius 2 is 1.70 bits per heavy atom. The van der Waals surface area contributed by atoms with Crippen molar-refractivity contribution in [2.45, 2.75) is 19.7 Å². The number of halogens is 2. The van der Waals surface area contributed by atoms with Crippen molar-refractivity contribution in [2.24, 2.45) is 4.99 Å². The van der Waals surface area contributed by atoms with Crippen LogP contribution in [0.2, 0.25) is 0 Å². The zero-order chi connectivity index (χ0) is 21.5. The summed E-state index contributed by atoms with van der Waals surface area (Å²) in [4.78, 5) is 4.15. The minimum absolute atomic E-state index is 0.0112. The molecule has 0 atom stereocenters. The summed E-state index contributed by atoms with van der Waals surface area (Å²) in [6, 6.07) is 8.56. The number of guanidine groups is 1. The van der Waals surface area contributed by atoms with E-state index >= 15 is 0 Å². The average Bonchev–Trinajstić information content (AvgIpc) is 3.20. The van der Waals surface area contributed by atoms with E-state index in [1.54, 1.807) is 27.3 Å². The summed E-state index contributed by atoms with van der Waals surface area (Å²) < 4.78 is 51.2. The van der Waals surface area contributed by atoms with Crippen LogP contribution in [0.4, 0.5) is 8.78 Å². The lowest BCUT2D eigenvalue weighted by molar-refractivity contribution is -0.0505. The van der Waals surface area contributed by atoms with Gasteiger partial charge in [0.05, 0.1) is 14.2 Å². The Morgan fingerprint density at radius 1 is 1.00 bits per heavy atom. The van der Waals surface area contributed by atoms with E-state index in [-0.39, 0.29) is 19.1 Å². The summed E-state index contributed by atoms with van der Waals surface area (Å²) in [5.74, 6) is 2.58. The number of hydrogen-bond acceptors (Lipinski definition) is 6. The van der Waals surface area contributed by atoms with Crippen molar-refractivity contribution in [1.82, 2.24) is 10.6 Å². The first kappa shape index (κ1) is 21.3. The molecule has 2 N–H and O–H groups in total. The Balaban J connectivity index is 1.64. The number of ether oxygens (including phenoxy) is 5. The molecule has 0 unspecified atom stereocenters. The molecule has 10 heteroatoms. The van der Waals surface area contributed by atoms with Crippen LogP contribution in [-0.2, 0) is 13.1 Å². The van der Waals surface area contributed by atoms with Crippen molar-refractivity contribution in [3.63, 3.8) is 0 Å². The van der Waals surface area contributed by atoms with Gasteiger partial charge in [-0.3, -0.25) is 4.99 Å². The van der Waals surface area contributed by atoms with Gasteiger partial charge in [0.15, 0.2) is 29.0 Å².